The molecule has 4 nitrogen and oxygen atoms in total. The third-order valence-electron chi connectivity index (χ3n) is 4.77. The Labute approximate surface area is 124 Å². The third kappa shape index (κ3) is 2.67. The van der Waals surface area contributed by atoms with Gasteiger partial charge in [0.15, 0.2) is 0 Å². The maximum absolute atomic E-state index is 12.6. The van der Waals surface area contributed by atoms with Gasteiger partial charge in [-0.25, -0.2) is 4.79 Å². The largest absolute Gasteiger partial charge is 0.480 e. The molecule has 1 saturated carbocycles. The SMILES string of the molecule is Cc1ccccc1[C@H]1C[C@H]1C(=O)N1CCCC[C@@H]1C(=O)O. The lowest BCUT2D eigenvalue weighted by molar-refractivity contribution is -0.152. The fraction of sp³-hybridized carbons (Fsp3) is 0.529. The van der Waals surface area contributed by atoms with Crippen LogP contribution in [0.1, 0.15) is 42.7 Å². The van der Waals surface area contributed by atoms with Gasteiger partial charge in [-0.2, -0.15) is 0 Å². The number of hydrogen-bond donors (Lipinski definition) is 1. The molecule has 1 aliphatic heterocycles. The number of rotatable bonds is 3. The van der Waals surface area contributed by atoms with Crippen LogP contribution in [-0.2, 0) is 9.59 Å². The average molecular weight is 287 g/mol. The monoisotopic (exact) mass is 287 g/mol. The summed E-state index contributed by atoms with van der Waals surface area (Å²) in [5, 5.41) is 9.29. The van der Waals surface area contributed by atoms with Gasteiger partial charge < -0.3 is 10.0 Å². The number of likely N-dealkylation sites (tertiary alicyclic amines) is 1. The van der Waals surface area contributed by atoms with Gasteiger partial charge in [0, 0.05) is 12.5 Å². The van der Waals surface area contributed by atoms with Crippen molar-refractivity contribution in [3.63, 3.8) is 0 Å². The van der Waals surface area contributed by atoms with Crippen LogP contribution in [0, 0.1) is 12.8 Å². The minimum atomic E-state index is -0.865. The van der Waals surface area contributed by atoms with E-state index in [2.05, 4.69) is 19.1 Å². The molecule has 2 aliphatic rings. The zero-order valence-corrected chi connectivity index (χ0v) is 12.3. The molecule has 1 saturated heterocycles. The summed E-state index contributed by atoms with van der Waals surface area (Å²) in [7, 11) is 0. The Morgan fingerprint density at radius 3 is 2.71 bits per heavy atom. The van der Waals surface area contributed by atoms with E-state index in [1.807, 2.05) is 12.1 Å². The molecule has 1 N–H and O–H groups in total. The fourth-order valence-electron chi connectivity index (χ4n) is 3.48. The van der Waals surface area contributed by atoms with Crippen molar-refractivity contribution in [3.05, 3.63) is 35.4 Å². The molecule has 2 fully saturated rings. The first-order valence-electron chi connectivity index (χ1n) is 7.68. The van der Waals surface area contributed by atoms with Gasteiger partial charge in [0.25, 0.3) is 0 Å². The summed E-state index contributed by atoms with van der Waals surface area (Å²) in [5.41, 5.74) is 2.45. The van der Waals surface area contributed by atoms with E-state index in [0.717, 1.165) is 19.3 Å². The zero-order chi connectivity index (χ0) is 15.0. The molecule has 3 rings (SSSR count). The molecule has 1 aromatic carbocycles. The van der Waals surface area contributed by atoms with Gasteiger partial charge in [0.05, 0.1) is 0 Å². The van der Waals surface area contributed by atoms with Crippen molar-refractivity contribution in [2.45, 2.75) is 44.6 Å². The highest BCUT2D eigenvalue weighted by Gasteiger charge is 2.48. The number of piperidine rings is 1. The molecule has 0 unspecified atom stereocenters. The predicted molar refractivity (Wildman–Crippen MR) is 79.0 cm³/mol. The highest BCUT2D eigenvalue weighted by atomic mass is 16.4. The van der Waals surface area contributed by atoms with Crippen LogP contribution in [-0.4, -0.2) is 34.5 Å². The zero-order valence-electron chi connectivity index (χ0n) is 12.3. The topological polar surface area (TPSA) is 57.6 Å². The molecule has 1 aliphatic carbocycles. The van der Waals surface area contributed by atoms with Crippen molar-refractivity contribution in [1.29, 1.82) is 0 Å². The van der Waals surface area contributed by atoms with Crippen molar-refractivity contribution in [1.82, 2.24) is 4.90 Å². The lowest BCUT2D eigenvalue weighted by atomic mass is 10.00. The molecule has 1 heterocycles. The molecule has 1 amide bonds. The Bertz CT molecular complexity index is 569. The number of carboxylic acid groups (broad SMARTS) is 1. The first-order valence-corrected chi connectivity index (χ1v) is 7.68. The number of aryl methyl sites for hydroxylation is 1. The van der Waals surface area contributed by atoms with Gasteiger partial charge in [-0.15, -0.1) is 0 Å². The van der Waals surface area contributed by atoms with Crippen LogP contribution in [0.3, 0.4) is 0 Å². The lowest BCUT2D eigenvalue weighted by Gasteiger charge is -2.33. The van der Waals surface area contributed by atoms with Crippen molar-refractivity contribution in [3.8, 4) is 0 Å². The van der Waals surface area contributed by atoms with Crippen LogP contribution in [0.2, 0.25) is 0 Å². The summed E-state index contributed by atoms with van der Waals surface area (Å²) in [4.78, 5) is 25.6. The van der Waals surface area contributed by atoms with Crippen LogP contribution in [0.15, 0.2) is 24.3 Å². The average Bonchev–Trinajstić information content (AvgIpc) is 3.27. The van der Waals surface area contributed by atoms with Crippen LogP contribution < -0.4 is 0 Å². The molecule has 3 atom stereocenters. The van der Waals surface area contributed by atoms with Gasteiger partial charge in [-0.3, -0.25) is 4.79 Å². The number of carbonyl (C=O) groups is 2. The Hall–Kier alpha value is -1.84. The molecule has 1 aromatic rings. The lowest BCUT2D eigenvalue weighted by Crippen LogP contribution is -2.48. The van der Waals surface area contributed by atoms with Gasteiger partial charge in [-0.05, 0) is 49.7 Å². The standard InChI is InChI=1S/C17H21NO3/c1-11-6-2-3-7-12(11)13-10-14(13)16(19)18-9-5-4-8-15(18)17(20)21/h2-3,6-7,13-15H,4-5,8-10H2,1H3,(H,20,21)/t13-,14-,15-/m1/s1. The normalized spacial score (nSPS) is 28.2. The smallest absolute Gasteiger partial charge is 0.326 e. The second-order valence-corrected chi connectivity index (χ2v) is 6.19. The number of benzene rings is 1. The summed E-state index contributed by atoms with van der Waals surface area (Å²) >= 11 is 0. The molecule has 4 heteroatoms. The first kappa shape index (κ1) is 14.1. The molecule has 0 radical (unpaired) electrons. The van der Waals surface area contributed by atoms with Gasteiger partial charge >= 0.3 is 5.97 Å². The maximum Gasteiger partial charge on any atom is 0.326 e. The number of carboxylic acids is 1. The summed E-state index contributed by atoms with van der Waals surface area (Å²) in [6.45, 7) is 2.66. The molecule has 0 bridgehead atoms. The number of hydrogen-bond acceptors (Lipinski definition) is 2. The van der Waals surface area contributed by atoms with E-state index < -0.39 is 12.0 Å². The minimum Gasteiger partial charge on any atom is -0.480 e. The van der Waals surface area contributed by atoms with E-state index in [1.54, 1.807) is 4.90 Å². The van der Waals surface area contributed by atoms with Crippen molar-refractivity contribution >= 4 is 11.9 Å². The van der Waals surface area contributed by atoms with Gasteiger partial charge in [-0.1, -0.05) is 24.3 Å². The van der Waals surface area contributed by atoms with E-state index in [9.17, 15) is 14.7 Å². The summed E-state index contributed by atoms with van der Waals surface area (Å²) in [6.07, 6.45) is 3.25. The molecule has 112 valence electrons. The maximum atomic E-state index is 12.6. The van der Waals surface area contributed by atoms with Crippen LogP contribution in [0.4, 0.5) is 0 Å². The number of nitrogens with zero attached hydrogens (tertiary/aromatic N) is 1. The second-order valence-electron chi connectivity index (χ2n) is 6.19. The van der Waals surface area contributed by atoms with Crippen molar-refractivity contribution in [2.75, 3.05) is 6.54 Å². The van der Waals surface area contributed by atoms with E-state index in [1.165, 1.54) is 11.1 Å². The fourth-order valence-corrected chi connectivity index (χ4v) is 3.48. The molecule has 0 spiro atoms. The minimum absolute atomic E-state index is 0.0222. The summed E-state index contributed by atoms with van der Waals surface area (Å²) in [6, 6.07) is 7.53. The Kier molecular flexibility index (Phi) is 3.70. The number of aliphatic carboxylic acids is 1. The summed E-state index contributed by atoms with van der Waals surface area (Å²) < 4.78 is 0. The highest BCUT2D eigenvalue weighted by molar-refractivity contribution is 5.88. The van der Waals surface area contributed by atoms with E-state index in [4.69, 9.17) is 0 Å². The van der Waals surface area contributed by atoms with Crippen molar-refractivity contribution in [2.24, 2.45) is 5.92 Å². The van der Waals surface area contributed by atoms with Gasteiger partial charge in [0.2, 0.25) is 5.91 Å². The van der Waals surface area contributed by atoms with Gasteiger partial charge in [0.1, 0.15) is 6.04 Å². The van der Waals surface area contributed by atoms with E-state index in [0.29, 0.717) is 13.0 Å². The Morgan fingerprint density at radius 1 is 1.24 bits per heavy atom. The molecular formula is C17H21NO3. The summed E-state index contributed by atoms with van der Waals surface area (Å²) in [5.74, 6) is -0.576. The number of amides is 1. The molecular weight excluding hydrogens is 266 g/mol. The van der Waals surface area contributed by atoms with Crippen LogP contribution in [0.5, 0.6) is 0 Å². The molecule has 21 heavy (non-hydrogen) atoms. The second kappa shape index (κ2) is 5.51. The predicted octanol–water partition coefficient (Wildman–Crippen LogP) is 2.56. The number of carbonyl (C=O) groups excluding carboxylic acids is 1. The molecule has 0 aromatic heterocycles. The Balaban J connectivity index is 1.72. The van der Waals surface area contributed by atoms with E-state index in [-0.39, 0.29) is 17.7 Å². The highest BCUT2D eigenvalue weighted by Crippen LogP contribution is 2.49. The van der Waals surface area contributed by atoms with Crippen molar-refractivity contribution < 1.29 is 14.7 Å². The quantitative estimate of drug-likeness (QED) is 0.929. The first-order chi connectivity index (χ1) is 10.1. The Morgan fingerprint density at radius 2 is 2.00 bits per heavy atom. The third-order valence-corrected chi connectivity index (χ3v) is 4.77. The van der Waals surface area contributed by atoms with Crippen LogP contribution in [0.25, 0.3) is 0 Å². The van der Waals surface area contributed by atoms with E-state index >= 15 is 0 Å². The van der Waals surface area contributed by atoms with Crippen LogP contribution >= 0.6 is 0 Å².